The molecule has 1 aliphatic heterocycles. The molecule has 0 unspecified atom stereocenters. The van der Waals surface area contributed by atoms with Gasteiger partial charge < -0.3 is 24.8 Å². The van der Waals surface area contributed by atoms with Gasteiger partial charge in [-0.05, 0) is 52.0 Å². The fraction of sp³-hybridized carbons (Fsp3) is 0.391. The molecule has 1 amide bonds. The molecule has 1 aromatic carbocycles. The van der Waals surface area contributed by atoms with Gasteiger partial charge in [0, 0.05) is 17.1 Å². The third kappa shape index (κ3) is 6.84. The van der Waals surface area contributed by atoms with Crippen LogP contribution < -0.4 is 10.6 Å². The van der Waals surface area contributed by atoms with E-state index in [0.29, 0.717) is 0 Å². The second kappa shape index (κ2) is 11.5. The molecule has 0 atom stereocenters. The normalized spacial score (nSPS) is 14.3. The van der Waals surface area contributed by atoms with E-state index in [1.54, 1.807) is 13.8 Å². The minimum absolute atomic E-state index is 0.00432. The first-order valence-electron chi connectivity index (χ1n) is 10.6. The summed E-state index contributed by atoms with van der Waals surface area (Å²) in [7, 11) is 0. The maximum absolute atomic E-state index is 13.0. The predicted octanol–water partition coefficient (Wildman–Crippen LogP) is 3.08. The SMILES string of the molecule is CCOC(=O)C1=C(C)NC(C)=C(C(=O)OCC)C1C(=O)OCC(=O)Nc1ccc(C(F)(F)F)cc1. The third-order valence-corrected chi connectivity index (χ3v) is 4.83. The molecule has 190 valence electrons. The molecule has 2 rings (SSSR count). The lowest BCUT2D eigenvalue weighted by Crippen LogP contribution is -2.39. The van der Waals surface area contributed by atoms with Crippen LogP contribution in [0, 0.1) is 5.92 Å². The van der Waals surface area contributed by atoms with Gasteiger partial charge in [0.05, 0.1) is 29.9 Å². The van der Waals surface area contributed by atoms with Gasteiger partial charge in [0.25, 0.3) is 5.91 Å². The smallest absolute Gasteiger partial charge is 0.416 e. The number of hydrogen-bond donors (Lipinski definition) is 2. The number of nitrogens with one attached hydrogen (secondary N) is 2. The number of carbonyl (C=O) groups is 4. The number of amides is 1. The topological polar surface area (TPSA) is 120 Å². The van der Waals surface area contributed by atoms with Crippen LogP contribution in [-0.4, -0.2) is 43.6 Å². The number of hydrogen-bond acceptors (Lipinski definition) is 8. The number of rotatable bonds is 8. The molecular formula is C23H25F3N2O7. The number of alkyl halides is 3. The van der Waals surface area contributed by atoms with Crippen molar-refractivity contribution in [2.45, 2.75) is 33.9 Å². The first-order valence-corrected chi connectivity index (χ1v) is 10.6. The Morgan fingerprint density at radius 3 is 1.80 bits per heavy atom. The van der Waals surface area contributed by atoms with Crippen molar-refractivity contribution in [1.29, 1.82) is 0 Å². The summed E-state index contributed by atoms with van der Waals surface area (Å²) in [6, 6.07) is 3.67. The van der Waals surface area contributed by atoms with E-state index in [-0.39, 0.29) is 41.4 Å². The summed E-state index contributed by atoms with van der Waals surface area (Å²) in [6.07, 6.45) is -4.53. The average Bonchev–Trinajstić information content (AvgIpc) is 2.76. The Morgan fingerprint density at radius 2 is 1.37 bits per heavy atom. The standard InChI is InChI=1S/C23H25F3N2O7/c1-5-33-20(30)17-12(3)27-13(4)18(21(31)34-6-2)19(17)22(32)35-11-16(29)28-15-9-7-14(8-10-15)23(24,25)26/h7-10,19,27H,5-6,11H2,1-4H3,(H,28,29). The van der Waals surface area contributed by atoms with E-state index in [0.717, 1.165) is 24.3 Å². The van der Waals surface area contributed by atoms with Crippen LogP contribution in [0.25, 0.3) is 0 Å². The van der Waals surface area contributed by atoms with Crippen LogP contribution in [-0.2, 0) is 39.6 Å². The first-order chi connectivity index (χ1) is 16.4. The van der Waals surface area contributed by atoms with Crippen LogP contribution in [0.15, 0.2) is 46.8 Å². The fourth-order valence-corrected chi connectivity index (χ4v) is 3.35. The lowest BCUT2D eigenvalue weighted by atomic mass is 9.85. The molecule has 0 saturated heterocycles. The van der Waals surface area contributed by atoms with E-state index in [1.165, 1.54) is 13.8 Å². The molecule has 1 aliphatic rings. The summed E-state index contributed by atoms with van der Waals surface area (Å²) in [6.45, 7) is 5.33. The zero-order valence-corrected chi connectivity index (χ0v) is 19.5. The summed E-state index contributed by atoms with van der Waals surface area (Å²) in [5.41, 5.74) is -0.681. The van der Waals surface area contributed by atoms with Gasteiger partial charge in [0.15, 0.2) is 6.61 Å². The molecule has 0 bridgehead atoms. The monoisotopic (exact) mass is 498 g/mol. The van der Waals surface area contributed by atoms with Crippen LogP contribution in [0.5, 0.6) is 0 Å². The Hall–Kier alpha value is -3.83. The van der Waals surface area contributed by atoms with Crippen molar-refractivity contribution < 1.29 is 46.6 Å². The number of benzene rings is 1. The number of ether oxygens (including phenoxy) is 3. The quantitative estimate of drug-likeness (QED) is 0.415. The maximum atomic E-state index is 13.0. The van der Waals surface area contributed by atoms with Crippen molar-refractivity contribution in [1.82, 2.24) is 5.32 Å². The summed E-state index contributed by atoms with van der Waals surface area (Å²) >= 11 is 0. The molecular weight excluding hydrogens is 473 g/mol. The fourth-order valence-electron chi connectivity index (χ4n) is 3.35. The molecule has 0 radical (unpaired) electrons. The molecule has 12 heteroatoms. The molecule has 1 heterocycles. The van der Waals surface area contributed by atoms with Gasteiger partial charge in [-0.2, -0.15) is 13.2 Å². The first kappa shape index (κ1) is 27.4. The summed E-state index contributed by atoms with van der Waals surface area (Å²) in [5.74, 6) is -5.16. The van der Waals surface area contributed by atoms with Crippen LogP contribution in [0.2, 0.25) is 0 Å². The Balaban J connectivity index is 2.21. The molecule has 0 aliphatic carbocycles. The molecule has 9 nitrogen and oxygen atoms in total. The number of anilines is 1. The van der Waals surface area contributed by atoms with Gasteiger partial charge in [0.1, 0.15) is 5.92 Å². The molecule has 0 saturated carbocycles. The van der Waals surface area contributed by atoms with E-state index < -0.39 is 48.1 Å². The highest BCUT2D eigenvalue weighted by molar-refractivity contribution is 6.06. The van der Waals surface area contributed by atoms with Gasteiger partial charge in [-0.3, -0.25) is 9.59 Å². The van der Waals surface area contributed by atoms with Gasteiger partial charge in [0.2, 0.25) is 0 Å². The second-order valence-corrected chi connectivity index (χ2v) is 7.31. The van der Waals surface area contributed by atoms with Crippen molar-refractivity contribution >= 4 is 29.5 Å². The van der Waals surface area contributed by atoms with Gasteiger partial charge in [-0.15, -0.1) is 0 Å². The zero-order valence-electron chi connectivity index (χ0n) is 19.5. The number of dihydropyridines is 1. The highest BCUT2D eigenvalue weighted by Gasteiger charge is 2.42. The Kier molecular flexibility index (Phi) is 9.04. The number of allylic oxidation sites excluding steroid dienone is 2. The Morgan fingerprint density at radius 1 is 0.886 bits per heavy atom. The molecule has 2 N–H and O–H groups in total. The summed E-state index contributed by atoms with van der Waals surface area (Å²) < 4.78 is 53.1. The zero-order chi connectivity index (χ0) is 26.3. The molecule has 0 fully saturated rings. The molecule has 1 aromatic rings. The average molecular weight is 498 g/mol. The van der Waals surface area contributed by atoms with Crippen molar-refractivity contribution in [3.8, 4) is 0 Å². The largest absolute Gasteiger partial charge is 0.463 e. The van der Waals surface area contributed by atoms with Crippen molar-refractivity contribution in [3.05, 3.63) is 52.4 Å². The predicted molar refractivity (Wildman–Crippen MR) is 116 cm³/mol. The van der Waals surface area contributed by atoms with E-state index >= 15 is 0 Å². The summed E-state index contributed by atoms with van der Waals surface area (Å²) in [4.78, 5) is 50.4. The minimum atomic E-state index is -4.53. The molecule has 35 heavy (non-hydrogen) atoms. The minimum Gasteiger partial charge on any atom is -0.463 e. The number of esters is 3. The third-order valence-electron chi connectivity index (χ3n) is 4.83. The molecule has 0 aromatic heterocycles. The lowest BCUT2D eigenvalue weighted by molar-refractivity contribution is -0.153. The van der Waals surface area contributed by atoms with Crippen LogP contribution in [0.1, 0.15) is 33.3 Å². The highest BCUT2D eigenvalue weighted by atomic mass is 19.4. The maximum Gasteiger partial charge on any atom is 0.416 e. The van der Waals surface area contributed by atoms with Crippen molar-refractivity contribution in [2.24, 2.45) is 5.92 Å². The van der Waals surface area contributed by atoms with Gasteiger partial charge in [-0.1, -0.05) is 0 Å². The number of halogens is 3. The van der Waals surface area contributed by atoms with Gasteiger partial charge >= 0.3 is 24.1 Å². The number of carbonyl (C=O) groups excluding carboxylic acids is 4. The molecule has 0 spiro atoms. The van der Waals surface area contributed by atoms with Crippen LogP contribution in [0.3, 0.4) is 0 Å². The van der Waals surface area contributed by atoms with Crippen LogP contribution >= 0.6 is 0 Å². The van der Waals surface area contributed by atoms with Crippen LogP contribution in [0.4, 0.5) is 18.9 Å². The second-order valence-electron chi connectivity index (χ2n) is 7.31. The van der Waals surface area contributed by atoms with Crippen molar-refractivity contribution in [2.75, 3.05) is 25.1 Å². The van der Waals surface area contributed by atoms with E-state index in [4.69, 9.17) is 14.2 Å². The van der Waals surface area contributed by atoms with E-state index in [9.17, 15) is 32.3 Å². The Labute approximate surface area is 199 Å². The van der Waals surface area contributed by atoms with Crippen molar-refractivity contribution in [3.63, 3.8) is 0 Å². The van der Waals surface area contributed by atoms with Gasteiger partial charge in [-0.25, -0.2) is 9.59 Å². The Bertz CT molecular complexity index is 1020. The van der Waals surface area contributed by atoms with E-state index in [1.807, 2.05) is 0 Å². The van der Waals surface area contributed by atoms with E-state index in [2.05, 4.69) is 10.6 Å². The highest BCUT2D eigenvalue weighted by Crippen LogP contribution is 2.33. The lowest BCUT2D eigenvalue weighted by Gasteiger charge is -2.28. The summed E-state index contributed by atoms with van der Waals surface area (Å²) in [5, 5.41) is 5.15.